The smallest absolute Gasteiger partial charge is 0.251 e. The summed E-state index contributed by atoms with van der Waals surface area (Å²) in [5.74, 6) is 0.551. The molecule has 0 radical (unpaired) electrons. The first kappa shape index (κ1) is 15.0. The molecule has 3 nitrogen and oxygen atoms in total. The van der Waals surface area contributed by atoms with E-state index in [4.69, 9.17) is 5.73 Å². The Kier molecular flexibility index (Phi) is 5.12. The van der Waals surface area contributed by atoms with E-state index in [0.717, 1.165) is 12.8 Å². The fourth-order valence-electron chi connectivity index (χ4n) is 3.06. The van der Waals surface area contributed by atoms with Crippen LogP contribution in [0.15, 0.2) is 18.2 Å². The minimum Gasteiger partial charge on any atom is -0.352 e. The summed E-state index contributed by atoms with van der Waals surface area (Å²) in [4.78, 5) is 12.1. The van der Waals surface area contributed by atoms with Crippen LogP contribution in [0.2, 0.25) is 0 Å². The normalized spacial score (nSPS) is 22.6. The van der Waals surface area contributed by atoms with Crippen LogP contribution in [-0.2, 0) is 0 Å². The Bertz CT molecular complexity index is 476. The first-order valence-electron chi connectivity index (χ1n) is 7.36. The molecule has 110 valence electrons. The van der Waals surface area contributed by atoms with E-state index in [2.05, 4.69) is 5.32 Å². The largest absolute Gasteiger partial charge is 0.352 e. The molecular formula is C16H23FN2O. The third-order valence-electron chi connectivity index (χ3n) is 4.33. The summed E-state index contributed by atoms with van der Waals surface area (Å²) >= 11 is 0. The van der Waals surface area contributed by atoms with E-state index in [1.165, 1.54) is 25.0 Å². The summed E-state index contributed by atoms with van der Waals surface area (Å²) in [7, 11) is 0. The lowest BCUT2D eigenvalue weighted by Crippen LogP contribution is -2.37. The van der Waals surface area contributed by atoms with E-state index in [0.29, 0.717) is 36.1 Å². The van der Waals surface area contributed by atoms with Gasteiger partial charge in [-0.1, -0.05) is 12.8 Å². The Morgan fingerprint density at radius 3 is 2.70 bits per heavy atom. The number of hydrogen-bond acceptors (Lipinski definition) is 2. The number of carbonyl (C=O) groups is 1. The quantitative estimate of drug-likeness (QED) is 0.889. The van der Waals surface area contributed by atoms with Crippen LogP contribution in [0.5, 0.6) is 0 Å². The molecule has 1 fully saturated rings. The number of rotatable bonds is 4. The van der Waals surface area contributed by atoms with E-state index < -0.39 is 0 Å². The molecule has 1 amide bonds. The highest BCUT2D eigenvalue weighted by Crippen LogP contribution is 2.28. The Morgan fingerprint density at radius 1 is 1.35 bits per heavy atom. The SMILES string of the molecule is Cc1cc(F)ccc1C(=O)NCC1CCCCC1CN. The van der Waals surface area contributed by atoms with E-state index in [-0.39, 0.29) is 11.7 Å². The molecule has 0 heterocycles. The van der Waals surface area contributed by atoms with Crippen LogP contribution >= 0.6 is 0 Å². The predicted molar refractivity (Wildman–Crippen MR) is 78.0 cm³/mol. The van der Waals surface area contributed by atoms with Crippen molar-refractivity contribution in [3.63, 3.8) is 0 Å². The number of aryl methyl sites for hydroxylation is 1. The average molecular weight is 278 g/mol. The minimum absolute atomic E-state index is 0.121. The molecule has 2 atom stereocenters. The first-order valence-corrected chi connectivity index (χ1v) is 7.36. The lowest BCUT2D eigenvalue weighted by molar-refractivity contribution is 0.0934. The Labute approximate surface area is 119 Å². The maximum atomic E-state index is 13.0. The fraction of sp³-hybridized carbons (Fsp3) is 0.562. The Morgan fingerprint density at radius 2 is 2.05 bits per heavy atom. The second kappa shape index (κ2) is 6.84. The number of hydrogen-bond donors (Lipinski definition) is 2. The van der Waals surface area contributed by atoms with Gasteiger partial charge in [0.05, 0.1) is 0 Å². The monoisotopic (exact) mass is 278 g/mol. The number of benzene rings is 1. The third kappa shape index (κ3) is 3.57. The van der Waals surface area contributed by atoms with Crippen molar-refractivity contribution < 1.29 is 9.18 Å². The van der Waals surface area contributed by atoms with E-state index >= 15 is 0 Å². The number of halogens is 1. The van der Waals surface area contributed by atoms with Gasteiger partial charge in [-0.15, -0.1) is 0 Å². The van der Waals surface area contributed by atoms with Gasteiger partial charge < -0.3 is 11.1 Å². The van der Waals surface area contributed by atoms with Gasteiger partial charge in [-0.2, -0.15) is 0 Å². The van der Waals surface area contributed by atoms with Gasteiger partial charge in [0.2, 0.25) is 0 Å². The number of amides is 1. The van der Waals surface area contributed by atoms with Crippen molar-refractivity contribution in [1.29, 1.82) is 0 Å². The van der Waals surface area contributed by atoms with Crippen LogP contribution in [-0.4, -0.2) is 19.0 Å². The lowest BCUT2D eigenvalue weighted by atomic mass is 9.79. The topological polar surface area (TPSA) is 55.1 Å². The van der Waals surface area contributed by atoms with Crippen LogP contribution in [0.3, 0.4) is 0 Å². The van der Waals surface area contributed by atoms with Crippen molar-refractivity contribution in [3.8, 4) is 0 Å². The lowest BCUT2D eigenvalue weighted by Gasteiger charge is -2.30. The molecule has 0 bridgehead atoms. The predicted octanol–water partition coefficient (Wildman–Crippen LogP) is 2.63. The summed E-state index contributed by atoms with van der Waals surface area (Å²) in [5.41, 5.74) is 7.01. The van der Waals surface area contributed by atoms with Gasteiger partial charge in [-0.3, -0.25) is 4.79 Å². The van der Waals surface area contributed by atoms with Gasteiger partial charge in [0, 0.05) is 12.1 Å². The summed E-state index contributed by atoms with van der Waals surface area (Å²) in [6, 6.07) is 4.25. The molecule has 1 aliphatic carbocycles. The molecule has 1 aliphatic rings. The molecule has 3 N–H and O–H groups in total. The highest BCUT2D eigenvalue weighted by atomic mass is 19.1. The van der Waals surface area contributed by atoms with Crippen LogP contribution < -0.4 is 11.1 Å². The maximum absolute atomic E-state index is 13.0. The van der Waals surface area contributed by atoms with E-state index in [1.807, 2.05) is 0 Å². The van der Waals surface area contributed by atoms with Gasteiger partial charge in [0.25, 0.3) is 5.91 Å². The molecular weight excluding hydrogens is 255 g/mol. The molecule has 0 saturated heterocycles. The van der Waals surface area contributed by atoms with Gasteiger partial charge in [0.1, 0.15) is 5.82 Å². The molecule has 0 aromatic heterocycles. The molecule has 20 heavy (non-hydrogen) atoms. The number of carbonyl (C=O) groups excluding carboxylic acids is 1. The molecule has 0 spiro atoms. The van der Waals surface area contributed by atoms with Crippen molar-refractivity contribution in [2.24, 2.45) is 17.6 Å². The standard InChI is InChI=1S/C16H23FN2O/c1-11-8-14(17)6-7-15(11)16(20)19-10-13-5-3-2-4-12(13)9-18/h6-8,12-13H,2-5,9-10,18H2,1H3,(H,19,20). The molecule has 1 aromatic rings. The van der Waals surface area contributed by atoms with Gasteiger partial charge >= 0.3 is 0 Å². The number of nitrogens with two attached hydrogens (primary N) is 1. The van der Waals surface area contributed by atoms with Crippen molar-refractivity contribution in [3.05, 3.63) is 35.1 Å². The van der Waals surface area contributed by atoms with Crippen LogP contribution in [0.1, 0.15) is 41.6 Å². The third-order valence-corrected chi connectivity index (χ3v) is 4.33. The van der Waals surface area contributed by atoms with Crippen molar-refractivity contribution in [2.75, 3.05) is 13.1 Å². The average Bonchev–Trinajstić information content (AvgIpc) is 2.45. The zero-order valence-electron chi connectivity index (χ0n) is 12.0. The van der Waals surface area contributed by atoms with Crippen LogP contribution in [0.25, 0.3) is 0 Å². The summed E-state index contributed by atoms with van der Waals surface area (Å²) < 4.78 is 13.0. The van der Waals surface area contributed by atoms with Crippen molar-refractivity contribution in [2.45, 2.75) is 32.6 Å². The Hall–Kier alpha value is -1.42. The van der Waals surface area contributed by atoms with Crippen LogP contribution in [0, 0.1) is 24.6 Å². The second-order valence-electron chi connectivity index (χ2n) is 5.71. The summed E-state index contributed by atoms with van der Waals surface area (Å²) in [5, 5.41) is 2.98. The number of nitrogens with one attached hydrogen (secondary N) is 1. The van der Waals surface area contributed by atoms with Crippen molar-refractivity contribution in [1.82, 2.24) is 5.32 Å². The fourth-order valence-corrected chi connectivity index (χ4v) is 3.06. The minimum atomic E-state index is -0.311. The molecule has 2 rings (SSSR count). The maximum Gasteiger partial charge on any atom is 0.251 e. The van der Waals surface area contributed by atoms with E-state index in [1.54, 1.807) is 13.0 Å². The second-order valence-corrected chi connectivity index (χ2v) is 5.71. The summed E-state index contributed by atoms with van der Waals surface area (Å²) in [6.45, 7) is 3.11. The first-order chi connectivity index (χ1) is 9.61. The zero-order chi connectivity index (χ0) is 14.5. The highest BCUT2D eigenvalue weighted by molar-refractivity contribution is 5.95. The van der Waals surface area contributed by atoms with Gasteiger partial charge in [-0.05, 0) is 61.9 Å². The van der Waals surface area contributed by atoms with Gasteiger partial charge in [0.15, 0.2) is 0 Å². The molecule has 1 saturated carbocycles. The Balaban J connectivity index is 1.94. The zero-order valence-corrected chi connectivity index (χ0v) is 12.0. The van der Waals surface area contributed by atoms with Gasteiger partial charge in [-0.25, -0.2) is 4.39 Å². The van der Waals surface area contributed by atoms with Crippen molar-refractivity contribution >= 4 is 5.91 Å². The molecule has 0 aliphatic heterocycles. The van der Waals surface area contributed by atoms with Crippen LogP contribution in [0.4, 0.5) is 4.39 Å². The highest BCUT2D eigenvalue weighted by Gasteiger charge is 2.24. The molecule has 4 heteroatoms. The van der Waals surface area contributed by atoms with E-state index in [9.17, 15) is 9.18 Å². The molecule has 1 aromatic carbocycles. The molecule has 2 unspecified atom stereocenters. The summed E-state index contributed by atoms with van der Waals surface area (Å²) in [6.07, 6.45) is 4.74.